The molecule has 1 aliphatic heterocycles. The van der Waals surface area contributed by atoms with Gasteiger partial charge in [0, 0.05) is 55.0 Å². The van der Waals surface area contributed by atoms with Crippen LogP contribution in [0, 0.1) is 11.8 Å². The average Bonchev–Trinajstić information content (AvgIpc) is 3.93. The molecule has 234 valence electrons. The Morgan fingerprint density at radius 1 is 1.11 bits per heavy atom. The van der Waals surface area contributed by atoms with E-state index in [2.05, 4.69) is 25.2 Å². The van der Waals surface area contributed by atoms with Crippen LogP contribution in [0.1, 0.15) is 56.3 Å². The predicted octanol–water partition coefficient (Wildman–Crippen LogP) is 2.22. The molecule has 0 aromatic carbocycles. The van der Waals surface area contributed by atoms with Crippen molar-refractivity contribution in [2.45, 2.75) is 61.8 Å². The van der Waals surface area contributed by atoms with Gasteiger partial charge < -0.3 is 15.1 Å². The molecule has 2 saturated carbocycles. The number of likely N-dealkylation sites (N-methyl/N-ethyl adjacent to an activating group) is 1. The van der Waals surface area contributed by atoms with Crippen molar-refractivity contribution in [3.05, 3.63) is 71.8 Å². The molecule has 0 saturated heterocycles. The lowest BCUT2D eigenvalue weighted by Crippen LogP contribution is -2.54. The summed E-state index contributed by atoms with van der Waals surface area (Å²) in [5.74, 6) is -2.86. The fourth-order valence-corrected chi connectivity index (χ4v) is 7.76. The van der Waals surface area contributed by atoms with Crippen molar-refractivity contribution < 1.29 is 27.6 Å². The zero-order chi connectivity index (χ0) is 31.3. The Balaban J connectivity index is 1.17. The topological polar surface area (TPSA) is 160 Å². The molecule has 0 spiro atoms. The van der Waals surface area contributed by atoms with Crippen LogP contribution in [0.5, 0.6) is 0 Å². The number of aromatic nitrogens is 2. The Hall–Kier alpha value is -4.39. The molecule has 0 unspecified atom stereocenters. The number of amides is 3. The lowest BCUT2D eigenvalue weighted by atomic mass is 9.97. The van der Waals surface area contributed by atoms with Gasteiger partial charge in [0.05, 0.1) is 11.2 Å². The Bertz CT molecular complexity index is 1740. The number of pyridine rings is 2. The molecule has 2 N–H and O–H groups in total. The van der Waals surface area contributed by atoms with Crippen LogP contribution in [-0.2, 0) is 29.2 Å². The summed E-state index contributed by atoms with van der Waals surface area (Å²) in [5.41, 5.74) is 2.35. The third-order valence-corrected chi connectivity index (χ3v) is 11.0. The fraction of sp³-hybridized carbons (Fsp3) is 0.438. The lowest BCUT2D eigenvalue weighted by Gasteiger charge is -2.24. The molecule has 4 atom stereocenters. The summed E-state index contributed by atoms with van der Waals surface area (Å²) in [6.07, 6.45) is 11.8. The van der Waals surface area contributed by atoms with Crippen LogP contribution < -0.4 is 10.0 Å². The Kier molecular flexibility index (Phi) is 7.30. The first-order chi connectivity index (χ1) is 21.7. The van der Waals surface area contributed by atoms with Gasteiger partial charge in [-0.1, -0.05) is 29.4 Å². The minimum absolute atomic E-state index is 0.111. The van der Waals surface area contributed by atoms with Crippen LogP contribution in [0.4, 0.5) is 0 Å². The molecule has 12 nitrogen and oxygen atoms in total. The van der Waals surface area contributed by atoms with E-state index in [-0.39, 0.29) is 30.2 Å². The van der Waals surface area contributed by atoms with Crippen LogP contribution in [0.15, 0.2) is 65.6 Å². The number of nitrogens with one attached hydrogen (secondary N) is 2. The zero-order valence-electron chi connectivity index (χ0n) is 24.8. The largest absolute Gasteiger partial charge is 0.388 e. The van der Waals surface area contributed by atoms with Crippen molar-refractivity contribution in [1.82, 2.24) is 24.9 Å². The molecule has 7 rings (SSSR count). The molecule has 45 heavy (non-hydrogen) atoms. The van der Waals surface area contributed by atoms with E-state index in [1.165, 1.54) is 0 Å². The number of carbonyl (C=O) groups is 3. The first kappa shape index (κ1) is 29.3. The lowest BCUT2D eigenvalue weighted by molar-refractivity contribution is -0.133. The molecule has 2 aromatic rings. The van der Waals surface area contributed by atoms with Crippen molar-refractivity contribution in [3.8, 4) is 11.1 Å². The minimum atomic E-state index is -3.82. The molecule has 0 radical (unpaired) electrons. The molecular weight excluding hydrogens is 596 g/mol. The SMILES string of the molecule is CN1CCCC/C=C\[C@H]2C[C@@]2(C(=O)NS(=O)(=O)C2CC2)NC(=O)[C@@H]2C[C@@H](ON=C3c4ncccc4-c4cccnc43)C=C2C1=O. The summed E-state index contributed by atoms with van der Waals surface area (Å²) in [6.45, 7) is 0.520. The zero-order valence-corrected chi connectivity index (χ0v) is 25.6. The van der Waals surface area contributed by atoms with E-state index in [4.69, 9.17) is 4.84 Å². The molecule has 0 bridgehead atoms. The molecule has 4 aliphatic carbocycles. The highest BCUT2D eigenvalue weighted by molar-refractivity contribution is 7.91. The van der Waals surface area contributed by atoms with Gasteiger partial charge in [-0.25, -0.2) is 8.42 Å². The summed E-state index contributed by atoms with van der Waals surface area (Å²) in [5, 5.41) is 6.71. The van der Waals surface area contributed by atoms with Gasteiger partial charge in [-0.2, -0.15) is 0 Å². The number of carbonyl (C=O) groups excluding carboxylic acids is 3. The van der Waals surface area contributed by atoms with E-state index < -0.39 is 44.6 Å². The van der Waals surface area contributed by atoms with E-state index in [1.54, 1.807) is 30.4 Å². The summed E-state index contributed by atoms with van der Waals surface area (Å²) in [6, 6.07) is 7.55. The van der Waals surface area contributed by atoms with Gasteiger partial charge in [0.2, 0.25) is 21.8 Å². The highest BCUT2D eigenvalue weighted by atomic mass is 32.2. The van der Waals surface area contributed by atoms with Crippen molar-refractivity contribution in [2.24, 2.45) is 17.0 Å². The Labute approximate surface area is 261 Å². The van der Waals surface area contributed by atoms with Crippen LogP contribution in [0.3, 0.4) is 0 Å². The molecule has 13 heteroatoms. The van der Waals surface area contributed by atoms with Crippen LogP contribution in [0.25, 0.3) is 11.1 Å². The second-order valence-corrected chi connectivity index (χ2v) is 14.4. The highest BCUT2D eigenvalue weighted by Crippen LogP contribution is 2.46. The fourth-order valence-electron chi connectivity index (χ4n) is 6.39. The van der Waals surface area contributed by atoms with E-state index in [0.717, 1.165) is 30.4 Å². The third-order valence-electron chi connectivity index (χ3n) is 9.20. The van der Waals surface area contributed by atoms with Gasteiger partial charge >= 0.3 is 0 Å². The maximum atomic E-state index is 13.9. The van der Waals surface area contributed by atoms with Crippen molar-refractivity contribution in [1.29, 1.82) is 0 Å². The number of oxime groups is 1. The molecule has 2 fully saturated rings. The van der Waals surface area contributed by atoms with Gasteiger partial charge in [0.25, 0.3) is 5.91 Å². The monoisotopic (exact) mass is 630 g/mol. The molecule has 3 heterocycles. The van der Waals surface area contributed by atoms with E-state index in [0.29, 0.717) is 36.5 Å². The van der Waals surface area contributed by atoms with E-state index in [9.17, 15) is 22.8 Å². The number of allylic oxidation sites excluding steroid dienone is 1. The van der Waals surface area contributed by atoms with E-state index in [1.807, 2.05) is 36.4 Å². The molecule has 3 amide bonds. The van der Waals surface area contributed by atoms with Crippen molar-refractivity contribution >= 4 is 33.5 Å². The summed E-state index contributed by atoms with van der Waals surface area (Å²) < 4.78 is 27.5. The predicted molar refractivity (Wildman–Crippen MR) is 164 cm³/mol. The van der Waals surface area contributed by atoms with Gasteiger partial charge in [-0.3, -0.25) is 29.1 Å². The molecule has 5 aliphatic rings. The van der Waals surface area contributed by atoms with Crippen molar-refractivity contribution in [2.75, 3.05) is 13.6 Å². The first-order valence-corrected chi connectivity index (χ1v) is 16.9. The molecular formula is C32H34N6O6S. The van der Waals surface area contributed by atoms with Gasteiger partial charge in [0.1, 0.15) is 23.0 Å². The number of nitrogens with zero attached hydrogens (tertiary/aromatic N) is 4. The highest BCUT2D eigenvalue weighted by Gasteiger charge is 2.62. The van der Waals surface area contributed by atoms with Crippen LogP contribution in [-0.4, -0.2) is 77.2 Å². The second kappa shape index (κ2) is 11.2. The van der Waals surface area contributed by atoms with Crippen LogP contribution >= 0.6 is 0 Å². The van der Waals surface area contributed by atoms with Gasteiger partial charge in [-0.05, 0) is 56.7 Å². The quantitative estimate of drug-likeness (QED) is 0.321. The Morgan fingerprint density at radius 3 is 2.51 bits per heavy atom. The minimum Gasteiger partial charge on any atom is -0.388 e. The Morgan fingerprint density at radius 2 is 1.82 bits per heavy atom. The number of rotatable bonds is 5. The maximum absolute atomic E-state index is 13.9. The van der Waals surface area contributed by atoms with Crippen LogP contribution in [0.2, 0.25) is 0 Å². The van der Waals surface area contributed by atoms with E-state index >= 15 is 0 Å². The number of sulfonamides is 1. The number of hydrogen-bond donors (Lipinski definition) is 2. The average molecular weight is 631 g/mol. The normalized spacial score (nSPS) is 28.4. The third kappa shape index (κ3) is 5.43. The molecule has 2 aromatic heterocycles. The smallest absolute Gasteiger partial charge is 0.259 e. The number of hydrogen-bond acceptors (Lipinski definition) is 9. The second-order valence-electron chi connectivity index (χ2n) is 12.4. The summed E-state index contributed by atoms with van der Waals surface area (Å²) >= 11 is 0. The number of fused-ring (bicyclic) bond motifs is 5. The maximum Gasteiger partial charge on any atom is 0.259 e. The van der Waals surface area contributed by atoms with Gasteiger partial charge in [0.15, 0.2) is 5.71 Å². The van der Waals surface area contributed by atoms with Gasteiger partial charge in [-0.15, -0.1) is 0 Å². The first-order valence-electron chi connectivity index (χ1n) is 15.3. The summed E-state index contributed by atoms with van der Waals surface area (Å²) in [4.78, 5) is 57.5. The summed E-state index contributed by atoms with van der Waals surface area (Å²) in [7, 11) is -2.12. The standard InChI is InChI=1S/C32H34N6O6S/c1-38-15-5-3-2-4-8-19-18-32(19,31(41)37-45(42,43)21-11-12-21)35-29(39)24-16-20(17-25(24)30(38)40)44-36-28-26-22(9-6-13-33-26)23-10-7-14-34-27(23)28/h4,6-10,13-14,17,19-21,24H,2-3,5,11-12,15-16,18H2,1H3,(H,35,39)(H,37,41)/b8-4-/t19-,20+,24+,32+/m0/s1. The van der Waals surface area contributed by atoms with Crippen molar-refractivity contribution in [3.63, 3.8) is 0 Å².